The highest BCUT2D eigenvalue weighted by molar-refractivity contribution is 5.87. The molecular weight excluding hydrogens is 192 g/mol. The van der Waals surface area contributed by atoms with Crippen molar-refractivity contribution >= 4 is 5.97 Å². The van der Waals surface area contributed by atoms with Gasteiger partial charge in [-0.2, -0.15) is 0 Å². The minimum atomic E-state index is -0.300. The number of nitrogens with zero attached hydrogens (tertiary/aromatic N) is 2. The molecule has 4 nitrogen and oxygen atoms in total. The van der Waals surface area contributed by atoms with E-state index in [0.29, 0.717) is 5.69 Å². The number of rotatable bonds is 4. The van der Waals surface area contributed by atoms with E-state index in [0.717, 1.165) is 24.7 Å². The van der Waals surface area contributed by atoms with Crippen molar-refractivity contribution < 1.29 is 9.53 Å². The second kappa shape index (κ2) is 4.04. The number of hydrogen-bond donors (Lipinski definition) is 0. The molecule has 1 fully saturated rings. The Morgan fingerprint density at radius 2 is 2.40 bits per heavy atom. The Labute approximate surface area is 89.3 Å². The standard InChI is InChI=1S/C11H16N2O2/c1-8-12-7-10(11(14)15-2)13(8)6-5-9-3-4-9/h7,9H,3-6H2,1-2H3. The molecule has 1 aliphatic carbocycles. The molecule has 2 rings (SSSR count). The number of aromatic nitrogens is 2. The third kappa shape index (κ3) is 2.19. The molecule has 82 valence electrons. The minimum Gasteiger partial charge on any atom is -0.464 e. The van der Waals surface area contributed by atoms with Crippen molar-refractivity contribution in [2.75, 3.05) is 7.11 Å². The summed E-state index contributed by atoms with van der Waals surface area (Å²) in [7, 11) is 1.40. The van der Waals surface area contributed by atoms with Crippen LogP contribution in [0.1, 0.15) is 35.6 Å². The van der Waals surface area contributed by atoms with Gasteiger partial charge in [0, 0.05) is 6.54 Å². The highest BCUT2D eigenvalue weighted by Gasteiger charge is 2.22. The van der Waals surface area contributed by atoms with Crippen LogP contribution in [0.2, 0.25) is 0 Å². The van der Waals surface area contributed by atoms with Crippen LogP contribution in [0.5, 0.6) is 0 Å². The Morgan fingerprint density at radius 1 is 1.67 bits per heavy atom. The Balaban J connectivity index is 2.11. The van der Waals surface area contributed by atoms with Crippen LogP contribution in [0, 0.1) is 12.8 Å². The molecule has 1 aromatic rings. The van der Waals surface area contributed by atoms with Crippen molar-refractivity contribution in [1.29, 1.82) is 0 Å². The van der Waals surface area contributed by atoms with Crippen LogP contribution in [0.3, 0.4) is 0 Å². The molecule has 1 saturated carbocycles. The van der Waals surface area contributed by atoms with E-state index in [9.17, 15) is 4.79 Å². The molecule has 0 spiro atoms. The van der Waals surface area contributed by atoms with Gasteiger partial charge in [-0.1, -0.05) is 12.8 Å². The maximum Gasteiger partial charge on any atom is 0.356 e. The zero-order valence-electron chi connectivity index (χ0n) is 9.19. The molecule has 0 amide bonds. The van der Waals surface area contributed by atoms with Gasteiger partial charge in [-0.15, -0.1) is 0 Å². The van der Waals surface area contributed by atoms with Crippen molar-refractivity contribution in [1.82, 2.24) is 9.55 Å². The van der Waals surface area contributed by atoms with Crippen LogP contribution in [0.25, 0.3) is 0 Å². The highest BCUT2D eigenvalue weighted by atomic mass is 16.5. The molecule has 0 radical (unpaired) electrons. The SMILES string of the molecule is COC(=O)c1cnc(C)n1CCC1CC1. The summed E-state index contributed by atoms with van der Waals surface area (Å²) in [6, 6.07) is 0. The molecule has 0 unspecified atom stereocenters. The molecule has 1 heterocycles. The smallest absolute Gasteiger partial charge is 0.356 e. The lowest BCUT2D eigenvalue weighted by Crippen LogP contribution is -2.12. The summed E-state index contributed by atoms with van der Waals surface area (Å²) in [5.41, 5.74) is 0.565. The van der Waals surface area contributed by atoms with Crippen LogP contribution >= 0.6 is 0 Å². The van der Waals surface area contributed by atoms with Crippen LogP contribution in [-0.2, 0) is 11.3 Å². The van der Waals surface area contributed by atoms with Crippen LogP contribution in [0.4, 0.5) is 0 Å². The van der Waals surface area contributed by atoms with E-state index in [2.05, 4.69) is 4.98 Å². The first-order chi connectivity index (χ1) is 7.22. The maximum atomic E-state index is 11.4. The zero-order valence-corrected chi connectivity index (χ0v) is 9.19. The summed E-state index contributed by atoms with van der Waals surface area (Å²) >= 11 is 0. The molecule has 0 atom stereocenters. The lowest BCUT2D eigenvalue weighted by atomic mass is 10.3. The Kier molecular flexibility index (Phi) is 2.75. The topological polar surface area (TPSA) is 44.1 Å². The van der Waals surface area contributed by atoms with Gasteiger partial charge in [-0.25, -0.2) is 9.78 Å². The van der Waals surface area contributed by atoms with Crippen molar-refractivity contribution in [2.45, 2.75) is 32.7 Å². The largest absolute Gasteiger partial charge is 0.464 e. The fourth-order valence-electron chi connectivity index (χ4n) is 1.74. The van der Waals surface area contributed by atoms with Crippen molar-refractivity contribution in [3.8, 4) is 0 Å². The minimum absolute atomic E-state index is 0.300. The fraction of sp³-hybridized carbons (Fsp3) is 0.636. The van der Waals surface area contributed by atoms with E-state index in [1.807, 2.05) is 11.5 Å². The molecule has 0 saturated heterocycles. The average molecular weight is 208 g/mol. The van der Waals surface area contributed by atoms with Crippen LogP contribution in [-0.4, -0.2) is 22.6 Å². The van der Waals surface area contributed by atoms with Gasteiger partial charge >= 0.3 is 5.97 Å². The van der Waals surface area contributed by atoms with Crippen molar-refractivity contribution in [2.24, 2.45) is 5.92 Å². The number of hydrogen-bond acceptors (Lipinski definition) is 3. The van der Waals surface area contributed by atoms with Crippen LogP contribution in [0.15, 0.2) is 6.20 Å². The number of ether oxygens (including phenoxy) is 1. The normalized spacial score (nSPS) is 15.3. The summed E-state index contributed by atoms with van der Waals surface area (Å²) in [5, 5.41) is 0. The first-order valence-electron chi connectivity index (χ1n) is 5.33. The van der Waals surface area contributed by atoms with Gasteiger partial charge in [0.25, 0.3) is 0 Å². The molecular formula is C11H16N2O2. The number of methoxy groups -OCH3 is 1. The second-order valence-electron chi connectivity index (χ2n) is 4.07. The third-order valence-electron chi connectivity index (χ3n) is 2.91. The number of carbonyl (C=O) groups is 1. The monoisotopic (exact) mass is 208 g/mol. The summed E-state index contributed by atoms with van der Waals surface area (Å²) in [6.07, 6.45) is 5.40. The lowest BCUT2D eigenvalue weighted by Gasteiger charge is -2.07. The van der Waals surface area contributed by atoms with Gasteiger partial charge in [0.05, 0.1) is 13.3 Å². The maximum absolute atomic E-state index is 11.4. The molecule has 0 bridgehead atoms. The predicted octanol–water partition coefficient (Wildman–Crippen LogP) is 1.78. The quantitative estimate of drug-likeness (QED) is 0.708. The predicted molar refractivity (Wildman–Crippen MR) is 55.6 cm³/mol. The first-order valence-corrected chi connectivity index (χ1v) is 5.33. The summed E-state index contributed by atoms with van der Waals surface area (Å²) in [6.45, 7) is 2.79. The lowest BCUT2D eigenvalue weighted by molar-refractivity contribution is 0.0587. The van der Waals surface area contributed by atoms with Gasteiger partial charge in [0.15, 0.2) is 0 Å². The molecule has 0 aliphatic heterocycles. The van der Waals surface area contributed by atoms with Crippen molar-refractivity contribution in [3.05, 3.63) is 17.7 Å². The Morgan fingerprint density at radius 3 is 3.00 bits per heavy atom. The van der Waals surface area contributed by atoms with E-state index < -0.39 is 0 Å². The summed E-state index contributed by atoms with van der Waals surface area (Å²) in [5.74, 6) is 1.44. The third-order valence-corrected chi connectivity index (χ3v) is 2.91. The summed E-state index contributed by atoms with van der Waals surface area (Å²) in [4.78, 5) is 15.6. The molecule has 1 aliphatic rings. The molecule has 4 heteroatoms. The number of imidazole rings is 1. The van der Waals surface area contributed by atoms with Gasteiger partial charge in [0.1, 0.15) is 11.5 Å². The fourth-order valence-corrected chi connectivity index (χ4v) is 1.74. The Hall–Kier alpha value is -1.32. The average Bonchev–Trinajstić information content (AvgIpc) is 2.99. The van der Waals surface area contributed by atoms with E-state index in [1.165, 1.54) is 20.0 Å². The van der Waals surface area contributed by atoms with E-state index in [4.69, 9.17) is 4.74 Å². The van der Waals surface area contributed by atoms with Gasteiger partial charge in [0.2, 0.25) is 0 Å². The molecule has 0 N–H and O–H groups in total. The van der Waals surface area contributed by atoms with Gasteiger partial charge in [-0.3, -0.25) is 0 Å². The highest BCUT2D eigenvalue weighted by Crippen LogP contribution is 2.33. The zero-order chi connectivity index (χ0) is 10.8. The van der Waals surface area contributed by atoms with Gasteiger partial charge in [-0.05, 0) is 19.3 Å². The van der Waals surface area contributed by atoms with Gasteiger partial charge < -0.3 is 9.30 Å². The molecule has 1 aromatic heterocycles. The number of esters is 1. The second-order valence-corrected chi connectivity index (χ2v) is 4.07. The van der Waals surface area contributed by atoms with Crippen LogP contribution < -0.4 is 0 Å². The van der Waals surface area contributed by atoms with E-state index in [-0.39, 0.29) is 5.97 Å². The number of carbonyl (C=O) groups excluding carboxylic acids is 1. The Bertz CT molecular complexity index is 367. The van der Waals surface area contributed by atoms with Crippen molar-refractivity contribution in [3.63, 3.8) is 0 Å². The molecule has 0 aromatic carbocycles. The number of aryl methyl sites for hydroxylation is 1. The molecule has 15 heavy (non-hydrogen) atoms. The first kappa shape index (κ1) is 10.2. The summed E-state index contributed by atoms with van der Waals surface area (Å²) < 4.78 is 6.66. The van der Waals surface area contributed by atoms with E-state index in [1.54, 1.807) is 6.20 Å². The van der Waals surface area contributed by atoms with E-state index >= 15 is 0 Å².